The quantitative estimate of drug-likeness (QED) is 0.727. The number of nitrogens with zero attached hydrogens (tertiary/aromatic N) is 1. The molecule has 1 fully saturated rings. The molecule has 0 radical (unpaired) electrons. The number of nitrogens with two attached hydrogens (primary N) is 1. The van der Waals surface area contributed by atoms with Crippen molar-refractivity contribution in [3.05, 3.63) is 0 Å². The summed E-state index contributed by atoms with van der Waals surface area (Å²) in [6.07, 6.45) is 0.676. The van der Waals surface area contributed by atoms with E-state index >= 15 is 0 Å². The summed E-state index contributed by atoms with van der Waals surface area (Å²) in [5, 5.41) is 0.909. The summed E-state index contributed by atoms with van der Waals surface area (Å²) in [5.74, 6) is 0.726. The van der Waals surface area contributed by atoms with Crippen molar-refractivity contribution >= 4 is 21.8 Å². The molecule has 70 valence electrons. The van der Waals surface area contributed by atoms with E-state index in [0.29, 0.717) is 18.9 Å². The first-order valence-corrected chi connectivity index (χ1v) is 5.36. The molecule has 12 heavy (non-hydrogen) atoms. The third kappa shape index (κ3) is 1.98. The van der Waals surface area contributed by atoms with Gasteiger partial charge >= 0.3 is 0 Å². The molecule has 1 saturated heterocycles. The third-order valence-electron chi connectivity index (χ3n) is 2.33. The Kier molecular flexibility index (Phi) is 3.53. The molecule has 0 saturated carbocycles. The van der Waals surface area contributed by atoms with E-state index in [1.165, 1.54) is 0 Å². The van der Waals surface area contributed by atoms with Crippen LogP contribution in [0.2, 0.25) is 0 Å². The Morgan fingerprint density at radius 2 is 2.50 bits per heavy atom. The van der Waals surface area contributed by atoms with Crippen LogP contribution in [0.4, 0.5) is 0 Å². The first-order valence-electron chi connectivity index (χ1n) is 4.24. The highest BCUT2D eigenvalue weighted by molar-refractivity contribution is 9.09. The molecular formula is C8H15BrN2O. The van der Waals surface area contributed by atoms with Gasteiger partial charge in [0.05, 0.1) is 0 Å². The lowest BCUT2D eigenvalue weighted by Gasteiger charge is -2.23. The highest BCUT2D eigenvalue weighted by Crippen LogP contribution is 2.21. The molecule has 0 aliphatic carbocycles. The summed E-state index contributed by atoms with van der Waals surface area (Å²) in [4.78, 5) is 13.3. The predicted octanol–water partition coefficient (Wildman–Crippen LogP) is 0.577. The van der Waals surface area contributed by atoms with Crippen molar-refractivity contribution in [3.63, 3.8) is 0 Å². The number of carbonyl (C=O) groups is 1. The van der Waals surface area contributed by atoms with Gasteiger partial charge in [0.1, 0.15) is 0 Å². The minimum Gasteiger partial charge on any atom is -0.338 e. The molecule has 1 amide bonds. The number of likely N-dealkylation sites (tertiary alicyclic amines) is 1. The van der Waals surface area contributed by atoms with Crippen LogP contribution in [0.1, 0.15) is 13.3 Å². The standard InChI is InChI=1S/C8H15BrN2O/c1-6(4-10)11-5-7(3-9)2-8(11)12/h6-7H,2-5,10H2,1H3. The summed E-state index contributed by atoms with van der Waals surface area (Å²) in [5.41, 5.74) is 5.50. The molecule has 3 nitrogen and oxygen atoms in total. The summed E-state index contributed by atoms with van der Waals surface area (Å²) in [7, 11) is 0. The van der Waals surface area contributed by atoms with Gasteiger partial charge in [-0.05, 0) is 12.8 Å². The Bertz CT molecular complexity index is 174. The average Bonchev–Trinajstić information content (AvgIpc) is 2.45. The third-order valence-corrected chi connectivity index (χ3v) is 3.25. The lowest BCUT2D eigenvalue weighted by Crippen LogP contribution is -2.39. The number of alkyl halides is 1. The molecule has 0 aromatic carbocycles. The van der Waals surface area contributed by atoms with Gasteiger partial charge in [-0.15, -0.1) is 0 Å². The van der Waals surface area contributed by atoms with Crippen molar-refractivity contribution in [2.75, 3.05) is 18.4 Å². The fourth-order valence-corrected chi connectivity index (χ4v) is 1.90. The van der Waals surface area contributed by atoms with E-state index in [1.54, 1.807) is 0 Å². The minimum absolute atomic E-state index is 0.196. The van der Waals surface area contributed by atoms with E-state index in [4.69, 9.17) is 5.73 Å². The molecule has 0 aromatic rings. The number of rotatable bonds is 3. The van der Waals surface area contributed by atoms with Crippen molar-refractivity contribution in [3.8, 4) is 0 Å². The molecule has 0 aromatic heterocycles. The molecule has 1 aliphatic heterocycles. The van der Waals surface area contributed by atoms with E-state index in [1.807, 2.05) is 11.8 Å². The monoisotopic (exact) mass is 234 g/mol. The molecular weight excluding hydrogens is 220 g/mol. The largest absolute Gasteiger partial charge is 0.338 e. The van der Waals surface area contributed by atoms with Crippen LogP contribution in [0, 0.1) is 5.92 Å². The summed E-state index contributed by atoms with van der Waals surface area (Å²) < 4.78 is 0. The van der Waals surface area contributed by atoms with Crippen LogP contribution in [0.15, 0.2) is 0 Å². The molecule has 2 unspecified atom stereocenters. The zero-order valence-electron chi connectivity index (χ0n) is 7.29. The molecule has 2 N–H and O–H groups in total. The van der Waals surface area contributed by atoms with Crippen molar-refractivity contribution in [2.24, 2.45) is 11.7 Å². The van der Waals surface area contributed by atoms with Crippen LogP contribution in [0.25, 0.3) is 0 Å². The van der Waals surface area contributed by atoms with Crippen LogP contribution < -0.4 is 5.73 Å². The smallest absolute Gasteiger partial charge is 0.223 e. The van der Waals surface area contributed by atoms with Gasteiger partial charge in [-0.3, -0.25) is 4.79 Å². The van der Waals surface area contributed by atoms with Crippen LogP contribution in [0.3, 0.4) is 0 Å². The van der Waals surface area contributed by atoms with Gasteiger partial charge in [-0.25, -0.2) is 0 Å². The number of halogens is 1. The van der Waals surface area contributed by atoms with Crippen LogP contribution >= 0.6 is 15.9 Å². The van der Waals surface area contributed by atoms with Gasteiger partial charge in [0.15, 0.2) is 0 Å². The van der Waals surface area contributed by atoms with Gasteiger partial charge in [0, 0.05) is 30.9 Å². The second kappa shape index (κ2) is 4.23. The summed E-state index contributed by atoms with van der Waals surface area (Å²) >= 11 is 3.39. The molecule has 0 spiro atoms. The Balaban J connectivity index is 2.51. The fraction of sp³-hybridized carbons (Fsp3) is 0.875. The van der Waals surface area contributed by atoms with Gasteiger partial charge in [0.25, 0.3) is 0 Å². The lowest BCUT2D eigenvalue weighted by molar-refractivity contribution is -0.129. The van der Waals surface area contributed by atoms with E-state index < -0.39 is 0 Å². The van der Waals surface area contributed by atoms with Crippen molar-refractivity contribution in [2.45, 2.75) is 19.4 Å². The van der Waals surface area contributed by atoms with Crippen LogP contribution in [0.5, 0.6) is 0 Å². The highest BCUT2D eigenvalue weighted by Gasteiger charge is 2.31. The molecule has 1 rings (SSSR count). The number of carbonyl (C=O) groups excluding carboxylic acids is 1. The molecule has 1 heterocycles. The Hall–Kier alpha value is -0.0900. The second-order valence-corrected chi connectivity index (χ2v) is 4.00. The maximum Gasteiger partial charge on any atom is 0.223 e. The number of hydrogen-bond donors (Lipinski definition) is 1. The van der Waals surface area contributed by atoms with Crippen molar-refractivity contribution in [1.82, 2.24) is 4.90 Å². The normalized spacial score (nSPS) is 26.4. The summed E-state index contributed by atoms with van der Waals surface area (Å²) in [6, 6.07) is 0.196. The first kappa shape index (κ1) is 9.99. The highest BCUT2D eigenvalue weighted by atomic mass is 79.9. The maximum atomic E-state index is 11.4. The zero-order valence-corrected chi connectivity index (χ0v) is 8.88. The Morgan fingerprint density at radius 1 is 1.83 bits per heavy atom. The minimum atomic E-state index is 0.196. The first-order chi connectivity index (χ1) is 5.69. The molecule has 0 bridgehead atoms. The Morgan fingerprint density at radius 3 is 2.92 bits per heavy atom. The fourth-order valence-electron chi connectivity index (χ4n) is 1.47. The molecule has 4 heteroatoms. The van der Waals surface area contributed by atoms with E-state index in [9.17, 15) is 4.79 Å². The molecule has 1 aliphatic rings. The number of hydrogen-bond acceptors (Lipinski definition) is 2. The van der Waals surface area contributed by atoms with Crippen molar-refractivity contribution < 1.29 is 4.79 Å². The van der Waals surface area contributed by atoms with E-state index in [0.717, 1.165) is 11.9 Å². The average molecular weight is 235 g/mol. The van der Waals surface area contributed by atoms with Gasteiger partial charge in [0.2, 0.25) is 5.91 Å². The van der Waals surface area contributed by atoms with Crippen LogP contribution in [-0.2, 0) is 4.79 Å². The SMILES string of the molecule is CC(CN)N1CC(CBr)CC1=O. The summed E-state index contributed by atoms with van der Waals surface area (Å²) in [6.45, 7) is 3.41. The lowest BCUT2D eigenvalue weighted by atomic mass is 10.2. The molecule has 2 atom stereocenters. The van der Waals surface area contributed by atoms with Gasteiger partial charge in [-0.1, -0.05) is 15.9 Å². The predicted molar refractivity (Wildman–Crippen MR) is 52.1 cm³/mol. The van der Waals surface area contributed by atoms with E-state index in [-0.39, 0.29) is 11.9 Å². The van der Waals surface area contributed by atoms with Gasteiger partial charge < -0.3 is 10.6 Å². The second-order valence-electron chi connectivity index (χ2n) is 3.36. The number of amides is 1. The Labute approximate surface area is 81.4 Å². The topological polar surface area (TPSA) is 46.3 Å². The zero-order chi connectivity index (χ0) is 9.14. The van der Waals surface area contributed by atoms with Crippen LogP contribution in [-0.4, -0.2) is 35.3 Å². The van der Waals surface area contributed by atoms with Crippen molar-refractivity contribution in [1.29, 1.82) is 0 Å². The van der Waals surface area contributed by atoms with E-state index in [2.05, 4.69) is 15.9 Å². The van der Waals surface area contributed by atoms with Gasteiger partial charge in [-0.2, -0.15) is 0 Å². The maximum absolute atomic E-state index is 11.4.